The second-order valence-corrected chi connectivity index (χ2v) is 26.8. The number of rotatable bonds is 65. The van der Waals surface area contributed by atoms with Crippen molar-refractivity contribution in [3.63, 3.8) is 0 Å². The van der Waals surface area contributed by atoms with Gasteiger partial charge in [0, 0.05) is 12.8 Å². The lowest BCUT2D eigenvalue weighted by atomic mass is 10.0. The predicted molar refractivity (Wildman–Crippen MR) is 383 cm³/mol. The van der Waals surface area contributed by atoms with Crippen LogP contribution in [-0.4, -0.2) is 74.3 Å². The molecule has 0 fully saturated rings. The number of carbonyl (C=O) groups is 2. The molecule has 0 radical (unpaired) electrons. The summed E-state index contributed by atoms with van der Waals surface area (Å²) in [6, 6.07) is -0.868. The van der Waals surface area contributed by atoms with Crippen LogP contribution in [0, 0.1) is 0 Å². The molecule has 0 bridgehead atoms. The van der Waals surface area contributed by atoms with E-state index in [0.717, 1.165) is 116 Å². The number of ether oxygens (including phenoxy) is 1. The molecule has 10 heteroatoms. The van der Waals surface area contributed by atoms with E-state index in [0.29, 0.717) is 23.9 Å². The average molecular weight is 1250 g/mol. The van der Waals surface area contributed by atoms with Gasteiger partial charge in [-0.15, -0.1) is 0 Å². The molecule has 2 N–H and O–H groups in total. The second kappa shape index (κ2) is 66.3. The first-order valence-corrected chi connectivity index (χ1v) is 37.9. The van der Waals surface area contributed by atoms with Gasteiger partial charge < -0.3 is 19.4 Å². The van der Waals surface area contributed by atoms with Crippen LogP contribution in [0.15, 0.2) is 122 Å². The molecule has 3 atom stereocenters. The minimum absolute atomic E-state index is 0.0304. The summed E-state index contributed by atoms with van der Waals surface area (Å²) in [6.45, 7) is 6.87. The molecule has 0 heterocycles. The molecule has 0 rings (SSSR count). The van der Waals surface area contributed by atoms with Crippen LogP contribution >= 0.6 is 7.82 Å². The zero-order valence-electron chi connectivity index (χ0n) is 57.9. The Hall–Kier alpha value is -3.59. The number of hydrogen-bond acceptors (Lipinski definition) is 6. The highest BCUT2D eigenvalue weighted by atomic mass is 31.2. The van der Waals surface area contributed by atoms with Crippen LogP contribution < -0.4 is 5.32 Å². The van der Waals surface area contributed by atoms with Crippen molar-refractivity contribution in [1.82, 2.24) is 5.32 Å². The van der Waals surface area contributed by atoms with E-state index in [1.165, 1.54) is 154 Å². The monoisotopic (exact) mass is 1250 g/mol. The summed E-state index contributed by atoms with van der Waals surface area (Å²) in [6.07, 6.45) is 93.6. The molecule has 0 spiro atoms. The molecule has 0 saturated carbocycles. The van der Waals surface area contributed by atoms with E-state index >= 15 is 0 Å². The average Bonchev–Trinajstić information content (AvgIpc) is 3.71. The van der Waals surface area contributed by atoms with Crippen molar-refractivity contribution in [2.24, 2.45) is 0 Å². The Morgan fingerprint density at radius 2 is 0.727 bits per heavy atom. The van der Waals surface area contributed by atoms with Gasteiger partial charge in [-0.05, 0) is 122 Å². The summed E-state index contributed by atoms with van der Waals surface area (Å²) >= 11 is 0. The zero-order valence-corrected chi connectivity index (χ0v) is 58.8. The van der Waals surface area contributed by atoms with Crippen molar-refractivity contribution in [2.45, 2.75) is 322 Å². The van der Waals surface area contributed by atoms with Crippen LogP contribution in [0.3, 0.4) is 0 Å². The lowest BCUT2D eigenvalue weighted by Crippen LogP contribution is -2.47. The van der Waals surface area contributed by atoms with Gasteiger partial charge in [-0.1, -0.05) is 297 Å². The Kier molecular flexibility index (Phi) is 63.6. The lowest BCUT2D eigenvalue weighted by Gasteiger charge is -2.27. The van der Waals surface area contributed by atoms with E-state index in [1.807, 2.05) is 33.3 Å². The van der Waals surface area contributed by atoms with Crippen molar-refractivity contribution in [3.8, 4) is 0 Å². The largest absolute Gasteiger partial charge is 0.472 e. The topological polar surface area (TPSA) is 111 Å². The third-order valence-electron chi connectivity index (χ3n) is 15.6. The number of esters is 1. The fourth-order valence-corrected chi connectivity index (χ4v) is 10.8. The molecule has 1 amide bonds. The third-order valence-corrected chi connectivity index (χ3v) is 16.6. The number of nitrogens with one attached hydrogen (secondary N) is 1. The van der Waals surface area contributed by atoms with Crippen molar-refractivity contribution in [1.29, 1.82) is 0 Å². The van der Waals surface area contributed by atoms with E-state index in [4.69, 9.17) is 13.8 Å². The summed E-state index contributed by atoms with van der Waals surface area (Å²) < 4.78 is 30.8. The molecular formula is C78H138N2O7P+. The zero-order chi connectivity index (χ0) is 64.2. The summed E-state index contributed by atoms with van der Waals surface area (Å²) in [5.74, 6) is -0.535. The fraction of sp³-hybridized carbons (Fsp3) is 0.718. The molecule has 506 valence electrons. The Balaban J connectivity index is 5.09. The molecule has 0 aromatic rings. The molecule has 88 heavy (non-hydrogen) atoms. The summed E-state index contributed by atoms with van der Waals surface area (Å²) in [4.78, 5) is 37.9. The summed E-state index contributed by atoms with van der Waals surface area (Å²) in [5.41, 5.74) is 0. The van der Waals surface area contributed by atoms with Crippen LogP contribution in [0.2, 0.25) is 0 Å². The maximum atomic E-state index is 13.6. The second-order valence-electron chi connectivity index (χ2n) is 25.4. The number of quaternary nitrogens is 1. The van der Waals surface area contributed by atoms with Crippen LogP contribution in [-0.2, 0) is 27.9 Å². The molecule has 0 aliphatic carbocycles. The SMILES string of the molecule is CC/C=C\C/C=C\C/C=C\C/C=C\C/C=C\C/C=C\CCCCCCC(=O)OC(/C=C\CCCCCCCCCCCC)C(COP(=O)(O)OCC[N+](C)(C)C)NC(=O)CCCCCCCCCCCCCCCC/C=C\C/C=C\C/C=C\CCCCC. The molecule has 0 aliphatic heterocycles. The molecule has 0 aromatic heterocycles. The Labute approximate surface area is 543 Å². The Morgan fingerprint density at radius 1 is 0.409 bits per heavy atom. The van der Waals surface area contributed by atoms with Crippen LogP contribution in [0.4, 0.5) is 0 Å². The van der Waals surface area contributed by atoms with Crippen LogP contribution in [0.1, 0.15) is 310 Å². The minimum atomic E-state index is -4.47. The van der Waals surface area contributed by atoms with Gasteiger partial charge in [-0.3, -0.25) is 18.6 Å². The number of nitrogens with zero attached hydrogens (tertiary/aromatic N) is 1. The number of likely N-dealkylation sites (N-methyl/N-ethyl adjacent to an activating group) is 1. The van der Waals surface area contributed by atoms with Gasteiger partial charge in [0.2, 0.25) is 5.91 Å². The van der Waals surface area contributed by atoms with Gasteiger partial charge in [0.15, 0.2) is 0 Å². The lowest BCUT2D eigenvalue weighted by molar-refractivity contribution is -0.870. The highest BCUT2D eigenvalue weighted by molar-refractivity contribution is 7.47. The number of allylic oxidation sites excluding steroid dienone is 19. The van der Waals surface area contributed by atoms with Gasteiger partial charge in [0.25, 0.3) is 0 Å². The van der Waals surface area contributed by atoms with E-state index in [9.17, 15) is 19.0 Å². The number of carbonyl (C=O) groups excluding carboxylic acids is 2. The first kappa shape index (κ1) is 84.4. The smallest absolute Gasteiger partial charge is 0.456 e. The maximum Gasteiger partial charge on any atom is 0.472 e. The van der Waals surface area contributed by atoms with Gasteiger partial charge in [-0.2, -0.15) is 0 Å². The highest BCUT2D eigenvalue weighted by Gasteiger charge is 2.30. The van der Waals surface area contributed by atoms with Crippen molar-refractivity contribution in [3.05, 3.63) is 122 Å². The van der Waals surface area contributed by atoms with Gasteiger partial charge in [-0.25, -0.2) is 4.57 Å². The van der Waals surface area contributed by atoms with E-state index in [1.54, 1.807) is 0 Å². The number of phosphoric ester groups is 1. The number of hydrogen-bond donors (Lipinski definition) is 2. The van der Waals surface area contributed by atoms with Crippen molar-refractivity contribution >= 4 is 19.7 Å². The number of phosphoric acid groups is 1. The molecular weight excluding hydrogens is 1110 g/mol. The molecule has 0 aromatic carbocycles. The molecule has 3 unspecified atom stereocenters. The summed E-state index contributed by atoms with van der Waals surface area (Å²) in [7, 11) is 1.47. The molecule has 9 nitrogen and oxygen atoms in total. The summed E-state index contributed by atoms with van der Waals surface area (Å²) in [5, 5.41) is 3.06. The minimum Gasteiger partial charge on any atom is -0.456 e. The number of unbranched alkanes of at least 4 members (excludes halogenated alkanes) is 31. The normalized spacial score (nSPS) is 14.2. The molecule has 0 saturated heterocycles. The van der Waals surface area contributed by atoms with Crippen molar-refractivity contribution in [2.75, 3.05) is 40.9 Å². The van der Waals surface area contributed by atoms with Crippen molar-refractivity contribution < 1.29 is 37.3 Å². The molecule has 0 aliphatic rings. The van der Waals surface area contributed by atoms with Gasteiger partial charge in [0.1, 0.15) is 19.3 Å². The van der Waals surface area contributed by atoms with E-state index in [-0.39, 0.29) is 31.5 Å². The van der Waals surface area contributed by atoms with E-state index in [2.05, 4.69) is 135 Å². The maximum absolute atomic E-state index is 13.6. The quantitative estimate of drug-likeness (QED) is 0.0205. The number of amides is 1. The van der Waals surface area contributed by atoms with Crippen LogP contribution in [0.25, 0.3) is 0 Å². The highest BCUT2D eigenvalue weighted by Crippen LogP contribution is 2.43. The van der Waals surface area contributed by atoms with Crippen LogP contribution in [0.5, 0.6) is 0 Å². The van der Waals surface area contributed by atoms with E-state index < -0.39 is 20.0 Å². The first-order valence-electron chi connectivity index (χ1n) is 36.4. The van der Waals surface area contributed by atoms with Gasteiger partial charge >= 0.3 is 13.8 Å². The van der Waals surface area contributed by atoms with Gasteiger partial charge in [0.05, 0.1) is 33.8 Å². The Morgan fingerprint density at radius 3 is 1.11 bits per heavy atom. The Bertz CT molecular complexity index is 1920. The third kappa shape index (κ3) is 66.8. The first-order chi connectivity index (χ1) is 42.9. The standard InChI is InChI=1S/C78H137N2O7P/c1-7-10-13-16-19-22-25-28-30-32-34-36-38-39-40-41-43-44-46-48-50-52-55-58-61-64-67-70-77(81)79-75(74-86-88(83,84)85-73-72-80(4,5)6)76(69-66-63-60-57-54-27-24-21-18-15-12-9-3)87-78(82)71-68-65-62-59-56-53-51-49-47-45-42-37-35-33-31-29-26-23-20-17-14-11-8-2/h11,14,19-20,22-23,28-31,34-37,45,47,51,53,66,69,75-76H,7-10,12-13,15-18,21,24-27,32-33,38-44,46,48-50,52,54-65,67-68,70-74H2,1-6H3,(H-,79,81,83,84)/p+1/b14-11-,22-19-,23-20-,30-28-,31-29-,36-34-,37-35-,47-45-,53-51-,69-66-. The predicted octanol–water partition coefficient (Wildman–Crippen LogP) is 23.4. The fourth-order valence-electron chi connectivity index (χ4n) is 10.1.